The van der Waals surface area contributed by atoms with Crippen molar-refractivity contribution < 1.29 is 4.42 Å². The Hall–Kier alpha value is -8.40. The van der Waals surface area contributed by atoms with Crippen LogP contribution in [-0.4, -0.2) is 4.57 Å². The van der Waals surface area contributed by atoms with Gasteiger partial charge in [0.15, 0.2) is 0 Å². The first-order chi connectivity index (χ1) is 31.2. The monoisotopic (exact) mass is 802 g/mol. The quantitative estimate of drug-likeness (QED) is 0.156. The average Bonchev–Trinajstić information content (AvgIpc) is 3.91. The molecule has 0 saturated carbocycles. The van der Waals surface area contributed by atoms with Crippen LogP contribution in [0.3, 0.4) is 0 Å². The Morgan fingerprint density at radius 1 is 0.333 bits per heavy atom. The van der Waals surface area contributed by atoms with Crippen molar-refractivity contribution in [2.75, 3.05) is 4.90 Å². The Bertz CT molecular complexity index is 3900. The molecule has 0 N–H and O–H groups in total. The molecule has 0 fully saturated rings. The number of furan rings is 1. The van der Waals surface area contributed by atoms with E-state index >= 15 is 0 Å². The summed E-state index contributed by atoms with van der Waals surface area (Å²) in [4.78, 5) is 2.41. The lowest BCUT2D eigenvalue weighted by atomic mass is 9.97. The Morgan fingerprint density at radius 3 is 1.75 bits per heavy atom. The van der Waals surface area contributed by atoms with E-state index in [1.54, 1.807) is 0 Å². The summed E-state index contributed by atoms with van der Waals surface area (Å²) in [5.41, 5.74) is 13.2. The van der Waals surface area contributed by atoms with E-state index in [2.05, 4.69) is 240 Å². The predicted octanol–water partition coefficient (Wildman–Crippen LogP) is 16.9. The molecular weight excluding hydrogens is 765 g/mol. The van der Waals surface area contributed by atoms with Gasteiger partial charge in [0.05, 0.1) is 22.1 Å². The molecule has 2 heterocycles. The SMILES string of the molecule is c1ccc(-c2ccc(-n3c4ccccc4c4cc(N(c5ccc(-c6ccc7ccc8ccccc8c7c6)cc5)c5cccc6oc7c8ccccc8ccc7c56)ccc43)cc2)cc1. The van der Waals surface area contributed by atoms with Gasteiger partial charge in [0.25, 0.3) is 0 Å². The first-order valence-electron chi connectivity index (χ1n) is 21.6. The number of aromatic nitrogens is 1. The lowest BCUT2D eigenvalue weighted by molar-refractivity contribution is 0.672. The van der Waals surface area contributed by atoms with E-state index in [9.17, 15) is 0 Å². The highest BCUT2D eigenvalue weighted by Crippen LogP contribution is 2.46. The van der Waals surface area contributed by atoms with Gasteiger partial charge in [-0.2, -0.15) is 0 Å². The fourth-order valence-corrected chi connectivity index (χ4v) is 9.94. The molecule has 0 radical (unpaired) electrons. The first kappa shape index (κ1) is 35.4. The molecule has 2 aromatic heterocycles. The fraction of sp³-hybridized carbons (Fsp3) is 0. The van der Waals surface area contributed by atoms with Gasteiger partial charge in [-0.3, -0.25) is 0 Å². The van der Waals surface area contributed by atoms with Crippen molar-refractivity contribution in [1.82, 2.24) is 4.57 Å². The maximum absolute atomic E-state index is 6.76. The van der Waals surface area contributed by atoms with E-state index in [1.807, 2.05) is 0 Å². The number of rotatable bonds is 6. The maximum atomic E-state index is 6.76. The summed E-state index contributed by atoms with van der Waals surface area (Å²) in [5.74, 6) is 0. The van der Waals surface area contributed by atoms with Crippen LogP contribution in [0.4, 0.5) is 17.1 Å². The molecule has 294 valence electrons. The predicted molar refractivity (Wildman–Crippen MR) is 266 cm³/mol. The minimum Gasteiger partial charge on any atom is -0.455 e. The van der Waals surface area contributed by atoms with Crippen molar-refractivity contribution in [3.8, 4) is 27.9 Å². The molecule has 0 saturated heterocycles. The van der Waals surface area contributed by atoms with Crippen LogP contribution < -0.4 is 4.90 Å². The van der Waals surface area contributed by atoms with Gasteiger partial charge in [0, 0.05) is 38.6 Å². The topological polar surface area (TPSA) is 21.3 Å². The molecule has 3 nitrogen and oxygen atoms in total. The normalized spacial score (nSPS) is 11.8. The van der Waals surface area contributed by atoms with E-state index in [0.717, 1.165) is 61.0 Å². The first-order valence-corrected chi connectivity index (χ1v) is 21.6. The maximum Gasteiger partial charge on any atom is 0.143 e. The standard InChI is InChI=1S/C60H38N2O/c1-2-11-39(12-3-1)40-25-32-47(33-26-40)62-55-18-9-8-17-51(55)54-38-48(34-36-56(54)62)61(57-19-10-20-58-59(57)52-35-29-43-14-5-7-16-50(43)60(52)63-58)46-30-27-41(28-31-46)45-24-23-44-22-21-42-13-4-6-15-49(42)53(44)37-45/h1-38H. The lowest BCUT2D eigenvalue weighted by Gasteiger charge is -2.26. The van der Waals surface area contributed by atoms with Crippen molar-refractivity contribution in [3.05, 3.63) is 231 Å². The summed E-state index contributed by atoms with van der Waals surface area (Å²) in [6.45, 7) is 0. The fourth-order valence-electron chi connectivity index (χ4n) is 9.94. The van der Waals surface area contributed by atoms with Crippen LogP contribution in [0.15, 0.2) is 235 Å². The average molecular weight is 803 g/mol. The van der Waals surface area contributed by atoms with E-state index in [-0.39, 0.29) is 0 Å². The van der Waals surface area contributed by atoms with Gasteiger partial charge in [-0.05, 0) is 122 Å². The van der Waals surface area contributed by atoms with Crippen molar-refractivity contribution in [3.63, 3.8) is 0 Å². The summed E-state index contributed by atoms with van der Waals surface area (Å²) < 4.78 is 9.15. The number of hydrogen-bond acceptors (Lipinski definition) is 2. The molecule has 0 aliphatic rings. The second-order valence-corrected chi connectivity index (χ2v) is 16.5. The number of benzene rings is 11. The number of fused-ring (bicyclic) bond motifs is 11. The number of anilines is 3. The van der Waals surface area contributed by atoms with Crippen molar-refractivity contribution in [2.45, 2.75) is 0 Å². The van der Waals surface area contributed by atoms with Crippen LogP contribution in [0.1, 0.15) is 0 Å². The van der Waals surface area contributed by atoms with Crippen LogP contribution in [0.25, 0.3) is 104 Å². The smallest absolute Gasteiger partial charge is 0.143 e. The minimum atomic E-state index is 0.862. The highest BCUT2D eigenvalue weighted by Gasteiger charge is 2.22. The van der Waals surface area contributed by atoms with E-state index < -0.39 is 0 Å². The molecule has 3 heteroatoms. The second kappa shape index (κ2) is 14.1. The summed E-state index contributed by atoms with van der Waals surface area (Å²) >= 11 is 0. The third kappa shape index (κ3) is 5.67. The second-order valence-electron chi connectivity index (χ2n) is 16.5. The van der Waals surface area contributed by atoms with Crippen LogP contribution in [0, 0.1) is 0 Å². The van der Waals surface area contributed by atoms with E-state index in [1.165, 1.54) is 60.1 Å². The number of para-hydroxylation sites is 1. The lowest BCUT2D eigenvalue weighted by Crippen LogP contribution is -2.10. The van der Waals surface area contributed by atoms with E-state index in [4.69, 9.17) is 4.42 Å². The Kier molecular flexibility index (Phi) is 7.91. The molecule has 0 aliphatic heterocycles. The van der Waals surface area contributed by atoms with Gasteiger partial charge >= 0.3 is 0 Å². The molecule has 0 unspecified atom stereocenters. The van der Waals surface area contributed by atoms with Gasteiger partial charge in [0.1, 0.15) is 11.2 Å². The Morgan fingerprint density at radius 2 is 0.921 bits per heavy atom. The van der Waals surface area contributed by atoms with Crippen LogP contribution >= 0.6 is 0 Å². The van der Waals surface area contributed by atoms with Crippen molar-refractivity contribution in [1.29, 1.82) is 0 Å². The molecule has 13 rings (SSSR count). The molecule has 11 aromatic carbocycles. The Balaban J connectivity index is 0.998. The summed E-state index contributed by atoms with van der Waals surface area (Å²) in [6.07, 6.45) is 0. The van der Waals surface area contributed by atoms with Gasteiger partial charge in [-0.1, -0.05) is 158 Å². The largest absolute Gasteiger partial charge is 0.455 e. The number of hydrogen-bond donors (Lipinski definition) is 0. The molecule has 0 atom stereocenters. The van der Waals surface area contributed by atoms with Gasteiger partial charge in [-0.15, -0.1) is 0 Å². The third-order valence-electron chi connectivity index (χ3n) is 13.0. The zero-order chi connectivity index (χ0) is 41.4. The zero-order valence-corrected chi connectivity index (χ0v) is 34.2. The Labute approximate surface area is 363 Å². The molecule has 13 aromatic rings. The van der Waals surface area contributed by atoms with Gasteiger partial charge in [0.2, 0.25) is 0 Å². The highest BCUT2D eigenvalue weighted by molar-refractivity contribution is 6.20. The van der Waals surface area contributed by atoms with Crippen molar-refractivity contribution >= 4 is 93.1 Å². The molecular formula is C60H38N2O. The molecule has 0 amide bonds. The number of nitrogens with zero attached hydrogens (tertiary/aromatic N) is 2. The van der Waals surface area contributed by atoms with Crippen molar-refractivity contribution in [2.24, 2.45) is 0 Å². The molecule has 0 aliphatic carbocycles. The zero-order valence-electron chi connectivity index (χ0n) is 34.2. The van der Waals surface area contributed by atoms with Crippen LogP contribution in [0.2, 0.25) is 0 Å². The molecule has 0 bridgehead atoms. The van der Waals surface area contributed by atoms with Gasteiger partial charge < -0.3 is 13.9 Å². The highest BCUT2D eigenvalue weighted by atomic mass is 16.3. The summed E-state index contributed by atoms with van der Waals surface area (Å²) in [7, 11) is 0. The molecule has 0 spiro atoms. The summed E-state index contributed by atoms with van der Waals surface area (Å²) in [6, 6.07) is 83.5. The van der Waals surface area contributed by atoms with E-state index in [0.29, 0.717) is 0 Å². The van der Waals surface area contributed by atoms with Crippen LogP contribution in [-0.2, 0) is 0 Å². The van der Waals surface area contributed by atoms with Crippen LogP contribution in [0.5, 0.6) is 0 Å². The summed E-state index contributed by atoms with van der Waals surface area (Å²) in [5, 5.41) is 11.9. The third-order valence-corrected chi connectivity index (χ3v) is 13.0. The van der Waals surface area contributed by atoms with Gasteiger partial charge in [-0.25, -0.2) is 0 Å². The minimum absolute atomic E-state index is 0.862. The molecule has 63 heavy (non-hydrogen) atoms.